The van der Waals surface area contributed by atoms with E-state index in [1.165, 1.54) is 18.4 Å². The summed E-state index contributed by atoms with van der Waals surface area (Å²) >= 11 is 5.95. The first-order valence-corrected chi connectivity index (χ1v) is 7.67. The zero-order valence-corrected chi connectivity index (χ0v) is 12.6. The van der Waals surface area contributed by atoms with Gasteiger partial charge in [0, 0.05) is 17.6 Å². The van der Waals surface area contributed by atoms with Gasteiger partial charge in [0.15, 0.2) is 0 Å². The number of rotatable bonds is 7. The van der Waals surface area contributed by atoms with Gasteiger partial charge in [0.05, 0.1) is 5.60 Å². The second-order valence-electron chi connectivity index (χ2n) is 5.68. The average Bonchev–Trinajstić information content (AvgIpc) is 3.25. The minimum absolute atomic E-state index is 0.349. The summed E-state index contributed by atoms with van der Waals surface area (Å²) in [6, 6.07) is 8.42. The molecular formula is C16H24ClNO. The van der Waals surface area contributed by atoms with Crippen LogP contribution < -0.4 is 5.32 Å². The Labute approximate surface area is 121 Å². The molecule has 0 aliphatic heterocycles. The molecule has 0 bridgehead atoms. The van der Waals surface area contributed by atoms with Crippen LogP contribution in [0.25, 0.3) is 0 Å². The van der Waals surface area contributed by atoms with Crippen molar-refractivity contribution in [3.05, 3.63) is 34.9 Å². The van der Waals surface area contributed by atoms with E-state index in [-0.39, 0.29) is 0 Å². The Hall–Kier alpha value is -0.570. The molecule has 2 nitrogen and oxygen atoms in total. The van der Waals surface area contributed by atoms with E-state index in [4.69, 9.17) is 11.6 Å². The molecule has 0 spiro atoms. The monoisotopic (exact) mass is 281 g/mol. The highest BCUT2D eigenvalue weighted by molar-refractivity contribution is 6.30. The summed E-state index contributed by atoms with van der Waals surface area (Å²) in [5.74, 6) is 0.708. The maximum atomic E-state index is 10.4. The highest BCUT2D eigenvalue weighted by atomic mass is 35.5. The molecule has 1 aromatic rings. The Morgan fingerprint density at radius 3 is 2.32 bits per heavy atom. The van der Waals surface area contributed by atoms with Crippen LogP contribution >= 0.6 is 11.6 Å². The maximum absolute atomic E-state index is 10.4. The van der Waals surface area contributed by atoms with E-state index < -0.39 is 5.60 Å². The van der Waals surface area contributed by atoms with Gasteiger partial charge in [0.2, 0.25) is 0 Å². The Balaban J connectivity index is 2.03. The third-order valence-electron chi connectivity index (χ3n) is 4.29. The zero-order chi connectivity index (χ0) is 13.9. The zero-order valence-electron chi connectivity index (χ0n) is 11.8. The van der Waals surface area contributed by atoms with Crippen LogP contribution in [0.1, 0.15) is 51.1 Å². The van der Waals surface area contributed by atoms with E-state index in [9.17, 15) is 5.11 Å². The summed E-state index contributed by atoms with van der Waals surface area (Å²) in [5, 5.41) is 14.7. The molecule has 1 fully saturated rings. The van der Waals surface area contributed by atoms with Crippen LogP contribution in [-0.4, -0.2) is 17.3 Å². The molecular weight excluding hydrogens is 258 g/mol. The van der Waals surface area contributed by atoms with Gasteiger partial charge in [-0.15, -0.1) is 0 Å². The SMILES string of the molecule is CCC(O)(CC)CNC(c1ccc(Cl)cc1)C1CC1. The first-order chi connectivity index (χ1) is 9.08. The van der Waals surface area contributed by atoms with E-state index >= 15 is 0 Å². The van der Waals surface area contributed by atoms with Crippen molar-refractivity contribution >= 4 is 11.6 Å². The van der Waals surface area contributed by atoms with Crippen LogP contribution in [0, 0.1) is 5.92 Å². The summed E-state index contributed by atoms with van der Waals surface area (Å²) in [5.41, 5.74) is 0.695. The van der Waals surface area contributed by atoms with Gasteiger partial charge >= 0.3 is 0 Å². The Morgan fingerprint density at radius 2 is 1.84 bits per heavy atom. The molecule has 0 saturated heterocycles. The molecule has 1 aliphatic carbocycles. The Morgan fingerprint density at radius 1 is 1.26 bits per heavy atom. The van der Waals surface area contributed by atoms with Crippen molar-refractivity contribution in [3.63, 3.8) is 0 Å². The molecule has 1 aliphatic rings. The minimum Gasteiger partial charge on any atom is -0.389 e. The van der Waals surface area contributed by atoms with Gasteiger partial charge in [0.25, 0.3) is 0 Å². The molecule has 1 unspecified atom stereocenters. The van der Waals surface area contributed by atoms with E-state index in [0.717, 1.165) is 17.9 Å². The number of hydrogen-bond donors (Lipinski definition) is 2. The lowest BCUT2D eigenvalue weighted by Gasteiger charge is -2.29. The van der Waals surface area contributed by atoms with E-state index in [1.807, 2.05) is 26.0 Å². The van der Waals surface area contributed by atoms with Crippen molar-refractivity contribution in [1.82, 2.24) is 5.32 Å². The normalized spacial score (nSPS) is 17.5. The van der Waals surface area contributed by atoms with Gasteiger partial charge < -0.3 is 10.4 Å². The lowest BCUT2D eigenvalue weighted by molar-refractivity contribution is 0.0291. The molecule has 0 heterocycles. The number of halogens is 1. The van der Waals surface area contributed by atoms with Gasteiger partial charge in [-0.1, -0.05) is 37.6 Å². The van der Waals surface area contributed by atoms with E-state index in [0.29, 0.717) is 18.5 Å². The highest BCUT2D eigenvalue weighted by Gasteiger charge is 2.33. The summed E-state index contributed by atoms with van der Waals surface area (Å²) in [6.07, 6.45) is 4.12. The van der Waals surface area contributed by atoms with Crippen molar-refractivity contribution in [2.75, 3.05) is 6.54 Å². The third kappa shape index (κ3) is 3.95. The summed E-state index contributed by atoms with van der Waals surface area (Å²) < 4.78 is 0. The van der Waals surface area contributed by atoms with Gasteiger partial charge in [-0.3, -0.25) is 0 Å². The molecule has 1 aromatic carbocycles. The molecule has 0 radical (unpaired) electrons. The highest BCUT2D eigenvalue weighted by Crippen LogP contribution is 2.41. The largest absolute Gasteiger partial charge is 0.389 e. The topological polar surface area (TPSA) is 32.3 Å². The van der Waals surface area contributed by atoms with E-state index in [1.54, 1.807) is 0 Å². The molecule has 19 heavy (non-hydrogen) atoms. The number of benzene rings is 1. The van der Waals surface area contributed by atoms with Gasteiger partial charge in [-0.2, -0.15) is 0 Å². The van der Waals surface area contributed by atoms with Crippen LogP contribution in [0.15, 0.2) is 24.3 Å². The number of aliphatic hydroxyl groups is 1. The van der Waals surface area contributed by atoms with E-state index in [2.05, 4.69) is 17.4 Å². The molecule has 0 amide bonds. The molecule has 1 atom stereocenters. The first-order valence-electron chi connectivity index (χ1n) is 7.29. The van der Waals surface area contributed by atoms with Crippen molar-refractivity contribution in [1.29, 1.82) is 0 Å². The smallest absolute Gasteiger partial charge is 0.0766 e. The molecule has 2 rings (SSSR count). The van der Waals surface area contributed by atoms with Crippen molar-refractivity contribution in [2.24, 2.45) is 5.92 Å². The summed E-state index contributed by atoms with van der Waals surface area (Å²) in [6.45, 7) is 4.74. The lowest BCUT2D eigenvalue weighted by atomic mass is 9.95. The van der Waals surface area contributed by atoms with Crippen LogP contribution in [0.4, 0.5) is 0 Å². The third-order valence-corrected chi connectivity index (χ3v) is 4.54. The second kappa shape index (κ2) is 6.25. The summed E-state index contributed by atoms with van der Waals surface area (Å²) in [4.78, 5) is 0. The molecule has 3 heteroatoms. The first kappa shape index (κ1) is 14.8. The van der Waals surface area contributed by atoms with Gasteiger partial charge in [-0.05, 0) is 49.3 Å². The predicted molar refractivity (Wildman–Crippen MR) is 80.5 cm³/mol. The number of hydrogen-bond acceptors (Lipinski definition) is 2. The standard InChI is InChI=1S/C16H24ClNO/c1-3-16(19,4-2)11-18-15(12-5-6-12)13-7-9-14(17)10-8-13/h7-10,12,15,18-19H,3-6,11H2,1-2H3. The fourth-order valence-electron chi connectivity index (χ4n) is 2.46. The lowest BCUT2D eigenvalue weighted by Crippen LogP contribution is -2.41. The number of nitrogens with one attached hydrogen (secondary N) is 1. The minimum atomic E-state index is -0.584. The average molecular weight is 282 g/mol. The molecule has 106 valence electrons. The molecule has 0 aromatic heterocycles. The fourth-order valence-corrected chi connectivity index (χ4v) is 2.58. The molecule has 1 saturated carbocycles. The van der Waals surface area contributed by atoms with Crippen molar-refractivity contribution in [3.8, 4) is 0 Å². The summed E-state index contributed by atoms with van der Waals surface area (Å²) in [7, 11) is 0. The van der Waals surface area contributed by atoms with Crippen LogP contribution in [0.3, 0.4) is 0 Å². The van der Waals surface area contributed by atoms with Crippen molar-refractivity contribution in [2.45, 2.75) is 51.2 Å². The second-order valence-corrected chi connectivity index (χ2v) is 6.12. The van der Waals surface area contributed by atoms with Crippen molar-refractivity contribution < 1.29 is 5.11 Å². The Kier molecular flexibility index (Phi) is 4.88. The molecule has 2 N–H and O–H groups in total. The van der Waals surface area contributed by atoms with Crippen LogP contribution in [-0.2, 0) is 0 Å². The maximum Gasteiger partial charge on any atom is 0.0766 e. The quantitative estimate of drug-likeness (QED) is 0.794. The van der Waals surface area contributed by atoms with Gasteiger partial charge in [0.1, 0.15) is 0 Å². The fraction of sp³-hybridized carbons (Fsp3) is 0.625. The van der Waals surface area contributed by atoms with Gasteiger partial charge in [-0.25, -0.2) is 0 Å². The van der Waals surface area contributed by atoms with Crippen LogP contribution in [0.2, 0.25) is 5.02 Å². The predicted octanol–water partition coefficient (Wildman–Crippen LogP) is 3.93. The Bertz CT molecular complexity index is 396. The van der Waals surface area contributed by atoms with Crippen LogP contribution in [0.5, 0.6) is 0 Å².